The Kier molecular flexibility index (Phi) is 30.8. The summed E-state index contributed by atoms with van der Waals surface area (Å²) in [4.78, 5) is 138. The first-order valence-electron chi connectivity index (χ1n) is 36.5. The lowest BCUT2D eigenvalue weighted by atomic mass is 9.77. The number of carbonyl (C=O) groups excluding carboxylic acids is 9. The summed E-state index contributed by atoms with van der Waals surface area (Å²) in [6, 6.07) is 44.1. The number of esters is 1. The second-order valence-corrected chi connectivity index (χ2v) is 28.9. The van der Waals surface area contributed by atoms with E-state index in [9.17, 15) is 9.59 Å². The Morgan fingerprint density at radius 3 is 1.51 bits per heavy atom. The van der Waals surface area contributed by atoms with Crippen molar-refractivity contribution in [1.82, 2.24) is 42.1 Å². The lowest BCUT2D eigenvalue weighted by Crippen LogP contribution is -2.62. The Balaban J connectivity index is 1.31. The van der Waals surface area contributed by atoms with E-state index in [1.807, 2.05) is 200 Å². The minimum atomic E-state index is -1.83. The SMILES string of the molecule is CC[C@H](C)[C@@H]1NC(=O)[C@H](Cc2ccc(OC(C)(C)C)cc2)N(C)C(=O)[C@H]([C@@H](C)CC)NC(=O)[C@H](CCC(OCc2ccccc2)OCc2ccccc2)NC(=O)[C@H](CC(C)C)NC(=O)[C@@H](NC(=O)[C@H](CCC(=O)NC(c2ccccc2)(c2ccccc2)c2ccccc2)NC(=O)C(C)C)[C@@H](C)OC1=O. The third kappa shape index (κ3) is 23.7. The van der Waals surface area contributed by atoms with Crippen LogP contribution < -0.4 is 42.0 Å². The molecule has 1 heterocycles. The molecule has 0 bridgehead atoms. The second kappa shape index (κ2) is 39.2. The number of cyclic esters (lactones) is 1. The zero-order chi connectivity index (χ0) is 75.7. The molecule has 10 atom stereocenters. The molecule has 7 rings (SSSR count). The van der Waals surface area contributed by atoms with E-state index in [0.717, 1.165) is 27.8 Å². The van der Waals surface area contributed by atoms with Gasteiger partial charge in [0.2, 0.25) is 47.3 Å². The number of amides is 8. The van der Waals surface area contributed by atoms with Gasteiger partial charge in [0.25, 0.3) is 0 Å². The third-order valence-electron chi connectivity index (χ3n) is 18.8. The van der Waals surface area contributed by atoms with Crippen LogP contribution in [0.1, 0.15) is 161 Å². The van der Waals surface area contributed by atoms with Crippen LogP contribution in [-0.2, 0) is 82.5 Å². The van der Waals surface area contributed by atoms with Crippen molar-refractivity contribution in [2.45, 2.75) is 213 Å². The highest BCUT2D eigenvalue weighted by atomic mass is 16.7. The molecule has 558 valence electrons. The van der Waals surface area contributed by atoms with E-state index in [4.69, 9.17) is 18.9 Å². The fraction of sp³-hybridized carbons (Fsp3) is 0.458. The van der Waals surface area contributed by atoms with Gasteiger partial charge in [0, 0.05) is 32.2 Å². The highest BCUT2D eigenvalue weighted by Crippen LogP contribution is 2.37. The molecular formula is C83H108N8O13. The molecule has 21 heteroatoms. The largest absolute Gasteiger partial charge is 0.488 e. The minimum absolute atomic E-state index is 0.0169. The van der Waals surface area contributed by atoms with Crippen LogP contribution in [0.25, 0.3) is 0 Å². The molecule has 0 unspecified atom stereocenters. The molecule has 6 aromatic rings. The number of hydrogen-bond donors (Lipinski definition) is 7. The van der Waals surface area contributed by atoms with E-state index in [-0.39, 0.29) is 57.7 Å². The first kappa shape index (κ1) is 81.6. The monoisotopic (exact) mass is 1420 g/mol. The van der Waals surface area contributed by atoms with E-state index in [2.05, 4.69) is 37.2 Å². The topological polar surface area (TPSA) is 278 Å². The van der Waals surface area contributed by atoms with Crippen LogP contribution in [0.4, 0.5) is 0 Å². The van der Waals surface area contributed by atoms with Crippen LogP contribution in [-0.4, -0.2) is 125 Å². The zero-order valence-corrected chi connectivity index (χ0v) is 62.6. The zero-order valence-electron chi connectivity index (χ0n) is 62.6. The van der Waals surface area contributed by atoms with Crippen molar-refractivity contribution < 1.29 is 62.1 Å². The van der Waals surface area contributed by atoms with Crippen molar-refractivity contribution in [3.8, 4) is 5.75 Å². The molecule has 1 aliphatic heterocycles. The molecule has 104 heavy (non-hydrogen) atoms. The van der Waals surface area contributed by atoms with Crippen LogP contribution in [0.3, 0.4) is 0 Å². The van der Waals surface area contributed by atoms with Crippen molar-refractivity contribution in [3.05, 3.63) is 209 Å². The molecular weight excluding hydrogens is 1320 g/mol. The fourth-order valence-electron chi connectivity index (χ4n) is 12.4. The number of benzene rings is 6. The Morgan fingerprint density at radius 2 is 1.03 bits per heavy atom. The van der Waals surface area contributed by atoms with Crippen molar-refractivity contribution in [1.29, 1.82) is 0 Å². The van der Waals surface area contributed by atoms with Crippen LogP contribution in [0.5, 0.6) is 5.75 Å². The van der Waals surface area contributed by atoms with Crippen LogP contribution in [0, 0.1) is 23.7 Å². The van der Waals surface area contributed by atoms with Gasteiger partial charge < -0.3 is 61.1 Å². The van der Waals surface area contributed by atoms with Crippen molar-refractivity contribution in [3.63, 3.8) is 0 Å². The highest BCUT2D eigenvalue weighted by molar-refractivity contribution is 5.98. The molecule has 6 aromatic carbocycles. The van der Waals surface area contributed by atoms with E-state index in [1.165, 1.54) is 18.9 Å². The molecule has 0 aromatic heterocycles. The van der Waals surface area contributed by atoms with E-state index >= 15 is 33.6 Å². The normalized spacial score (nSPS) is 19.9. The van der Waals surface area contributed by atoms with Gasteiger partial charge >= 0.3 is 5.97 Å². The van der Waals surface area contributed by atoms with Crippen LogP contribution in [0.15, 0.2) is 176 Å². The average molecular weight is 1430 g/mol. The molecule has 1 saturated heterocycles. The molecule has 8 amide bonds. The molecule has 21 nitrogen and oxygen atoms in total. The maximum Gasteiger partial charge on any atom is 0.329 e. The lowest BCUT2D eigenvalue weighted by molar-refractivity contribution is -0.162. The van der Waals surface area contributed by atoms with Crippen LogP contribution in [0.2, 0.25) is 0 Å². The summed E-state index contributed by atoms with van der Waals surface area (Å²) < 4.78 is 25.2. The molecule has 0 aliphatic carbocycles. The maximum atomic E-state index is 15.5. The number of hydrogen-bond acceptors (Lipinski definition) is 13. The summed E-state index contributed by atoms with van der Waals surface area (Å²) in [5, 5.41) is 20.5. The van der Waals surface area contributed by atoms with E-state index < -0.39 is 137 Å². The summed E-state index contributed by atoms with van der Waals surface area (Å²) >= 11 is 0. The number of ether oxygens (including phenoxy) is 4. The number of likely N-dealkylation sites (N-methyl/N-ethyl adjacent to an activating group) is 1. The van der Waals surface area contributed by atoms with Gasteiger partial charge in [0.1, 0.15) is 65.3 Å². The summed E-state index contributed by atoms with van der Waals surface area (Å²) in [6.45, 7) is 21.5. The van der Waals surface area contributed by atoms with Crippen molar-refractivity contribution in [2.75, 3.05) is 7.05 Å². The Morgan fingerprint density at radius 1 is 0.558 bits per heavy atom. The molecule has 0 saturated carbocycles. The molecule has 1 aliphatic rings. The molecule has 1 fully saturated rings. The lowest BCUT2D eigenvalue weighted by Gasteiger charge is -2.37. The Bertz CT molecular complexity index is 3610. The minimum Gasteiger partial charge on any atom is -0.488 e. The Labute approximate surface area is 613 Å². The number of nitrogens with one attached hydrogen (secondary N) is 7. The first-order valence-corrected chi connectivity index (χ1v) is 36.5. The van der Waals surface area contributed by atoms with E-state index in [0.29, 0.717) is 24.2 Å². The van der Waals surface area contributed by atoms with Gasteiger partial charge in [0.05, 0.1) is 13.2 Å². The van der Waals surface area contributed by atoms with Gasteiger partial charge in [-0.2, -0.15) is 0 Å². The summed E-state index contributed by atoms with van der Waals surface area (Å²) in [5.74, 6) is -8.51. The molecule has 0 radical (unpaired) electrons. The van der Waals surface area contributed by atoms with Crippen LogP contribution >= 0.6 is 0 Å². The standard InChI is InChI=1S/C83H108N8O13/c1-14-55(7)71-80(99)91(13)68(50-58-41-43-64(44-42-58)104-82(10,11)12)78(97)88-72(56(8)15-2)81(100)103-57(9)73(79(98)86-67(49-53(3)4)77(96)85-66(75(94)87-71)46-48-70(101-51-59-31-21-16-22-32-59)102-52-60-33-23-17-24-34-60)89-76(95)65(84-74(93)54(5)6)45-47-69(92)90-83(61-35-25-18-26-36-61,62-37-27-19-28-38-62)63-39-29-20-30-40-63/h16-44,53-57,65-68,70-73H,14-15,45-52H2,1-13H3,(H,84,93)(H,85,96)(H,86,98)(H,87,94)(H,88,97)(H,89,95)(H,90,92)/t55-,56-,57+,65-,66-,67-,68-,71-,72-,73-/m0/s1. The van der Waals surface area contributed by atoms with Gasteiger partial charge in [-0.15, -0.1) is 0 Å². The second-order valence-electron chi connectivity index (χ2n) is 28.9. The number of carbonyl (C=O) groups is 9. The molecule has 7 N–H and O–H groups in total. The predicted molar refractivity (Wildman–Crippen MR) is 399 cm³/mol. The van der Waals surface area contributed by atoms with Crippen molar-refractivity contribution >= 4 is 53.2 Å². The first-order chi connectivity index (χ1) is 49.6. The maximum absolute atomic E-state index is 15.5. The number of nitrogens with zero attached hydrogens (tertiary/aromatic N) is 1. The molecule has 0 spiro atoms. The smallest absolute Gasteiger partial charge is 0.329 e. The van der Waals surface area contributed by atoms with E-state index in [1.54, 1.807) is 52.0 Å². The number of rotatable bonds is 29. The predicted octanol–water partition coefficient (Wildman–Crippen LogP) is 10.3. The third-order valence-corrected chi connectivity index (χ3v) is 18.8. The fourth-order valence-corrected chi connectivity index (χ4v) is 12.4. The van der Waals surface area contributed by atoms with Gasteiger partial charge in [-0.25, -0.2) is 4.79 Å². The van der Waals surface area contributed by atoms with Gasteiger partial charge in [-0.1, -0.05) is 232 Å². The highest BCUT2D eigenvalue weighted by Gasteiger charge is 2.43. The summed E-state index contributed by atoms with van der Waals surface area (Å²) in [5.41, 5.74) is 2.80. The van der Waals surface area contributed by atoms with Gasteiger partial charge in [0.15, 0.2) is 6.29 Å². The average Bonchev–Trinajstić information content (AvgIpc) is 0.755. The summed E-state index contributed by atoms with van der Waals surface area (Å²) in [7, 11) is 1.46. The van der Waals surface area contributed by atoms with Crippen molar-refractivity contribution in [2.24, 2.45) is 23.7 Å². The van der Waals surface area contributed by atoms with Gasteiger partial charge in [-0.05, 0) is 110 Å². The Hall–Kier alpha value is -9.73. The quantitative estimate of drug-likeness (QED) is 0.0131. The van der Waals surface area contributed by atoms with Gasteiger partial charge in [-0.3, -0.25) is 38.4 Å². The summed E-state index contributed by atoms with van der Waals surface area (Å²) in [6.07, 6.45) is -2.63.